The maximum atomic E-state index is 13.2. The van der Waals surface area contributed by atoms with Gasteiger partial charge in [0.05, 0.1) is 24.3 Å². The topological polar surface area (TPSA) is 84.5 Å². The number of carbonyl (C=O) groups excluding carboxylic acids is 1. The number of aliphatic hydroxyl groups is 1. The number of imidazole rings is 1. The molecule has 26 heavy (non-hydrogen) atoms. The summed E-state index contributed by atoms with van der Waals surface area (Å²) in [5.41, 5.74) is 1.16. The van der Waals surface area contributed by atoms with Crippen LogP contribution in [0.3, 0.4) is 0 Å². The van der Waals surface area contributed by atoms with E-state index in [1.807, 2.05) is 16.9 Å². The number of aromatic nitrogens is 4. The highest BCUT2D eigenvalue weighted by molar-refractivity contribution is 5.78. The summed E-state index contributed by atoms with van der Waals surface area (Å²) in [4.78, 5) is 16.6. The molecule has 1 unspecified atom stereocenters. The van der Waals surface area contributed by atoms with E-state index in [1.165, 1.54) is 12.3 Å². The third kappa shape index (κ3) is 3.60. The van der Waals surface area contributed by atoms with Gasteiger partial charge in [-0.1, -0.05) is 0 Å². The van der Waals surface area contributed by atoms with Gasteiger partial charge in [0.25, 0.3) is 0 Å². The van der Waals surface area contributed by atoms with Crippen LogP contribution in [-0.2, 0) is 17.8 Å². The standard InChI is InChI=1S/C18H20FN5O2/c19-13-2-3-17-21-14(11-23(17)10-13)8-18(26)22-15-6-12(7-16(15)25)9-24-5-1-4-20-24/h1-5,10-12,15-16,25H,6-9H2,(H,22,26)/t12?,15-,16-/m1/s1. The quantitative estimate of drug-likeness (QED) is 0.718. The maximum absolute atomic E-state index is 13.2. The van der Waals surface area contributed by atoms with Crippen LogP contribution in [-0.4, -0.2) is 42.3 Å². The van der Waals surface area contributed by atoms with Gasteiger partial charge < -0.3 is 14.8 Å². The highest BCUT2D eigenvalue weighted by atomic mass is 19.1. The summed E-state index contributed by atoms with van der Waals surface area (Å²) in [7, 11) is 0. The molecule has 1 amide bonds. The van der Waals surface area contributed by atoms with E-state index in [-0.39, 0.29) is 30.1 Å². The van der Waals surface area contributed by atoms with Crippen molar-refractivity contribution in [3.05, 3.63) is 54.5 Å². The molecular weight excluding hydrogens is 337 g/mol. The molecule has 7 nitrogen and oxygen atoms in total. The number of nitrogens with one attached hydrogen (secondary N) is 1. The van der Waals surface area contributed by atoms with Crippen molar-refractivity contribution in [1.29, 1.82) is 0 Å². The molecule has 4 rings (SSSR count). The van der Waals surface area contributed by atoms with Gasteiger partial charge in [0.2, 0.25) is 5.91 Å². The Morgan fingerprint density at radius 2 is 2.23 bits per heavy atom. The van der Waals surface area contributed by atoms with Crippen LogP contribution in [0.5, 0.6) is 0 Å². The predicted molar refractivity (Wildman–Crippen MR) is 91.7 cm³/mol. The molecule has 1 aliphatic rings. The molecule has 3 aromatic rings. The number of nitrogens with zero attached hydrogens (tertiary/aromatic N) is 4. The number of pyridine rings is 1. The molecule has 0 radical (unpaired) electrons. The van der Waals surface area contributed by atoms with E-state index in [1.54, 1.807) is 22.9 Å². The van der Waals surface area contributed by atoms with E-state index in [4.69, 9.17) is 0 Å². The maximum Gasteiger partial charge on any atom is 0.226 e. The third-order valence-corrected chi connectivity index (χ3v) is 4.78. The molecule has 3 heterocycles. The Morgan fingerprint density at radius 1 is 1.35 bits per heavy atom. The van der Waals surface area contributed by atoms with E-state index in [2.05, 4.69) is 15.4 Å². The van der Waals surface area contributed by atoms with Crippen molar-refractivity contribution in [1.82, 2.24) is 24.5 Å². The molecule has 8 heteroatoms. The summed E-state index contributed by atoms with van der Waals surface area (Å²) in [5, 5.41) is 17.3. The number of fused-ring (bicyclic) bond motifs is 1. The van der Waals surface area contributed by atoms with Crippen molar-refractivity contribution in [2.24, 2.45) is 5.92 Å². The number of aliphatic hydroxyl groups excluding tert-OH is 1. The fourth-order valence-corrected chi connectivity index (χ4v) is 3.62. The first-order chi connectivity index (χ1) is 12.6. The minimum absolute atomic E-state index is 0.0936. The van der Waals surface area contributed by atoms with Crippen molar-refractivity contribution in [2.45, 2.75) is 38.0 Å². The zero-order chi connectivity index (χ0) is 18.1. The molecule has 3 aromatic heterocycles. The van der Waals surface area contributed by atoms with Crippen molar-refractivity contribution < 1.29 is 14.3 Å². The summed E-state index contributed by atoms with van der Waals surface area (Å²) < 4.78 is 16.6. The van der Waals surface area contributed by atoms with Gasteiger partial charge in [0, 0.05) is 31.3 Å². The van der Waals surface area contributed by atoms with E-state index in [0.29, 0.717) is 24.2 Å². The smallest absolute Gasteiger partial charge is 0.226 e. The Kier molecular flexibility index (Phi) is 4.42. The highest BCUT2D eigenvalue weighted by Crippen LogP contribution is 2.27. The molecule has 0 aliphatic heterocycles. The first-order valence-corrected chi connectivity index (χ1v) is 8.65. The van der Waals surface area contributed by atoms with Crippen LogP contribution >= 0.6 is 0 Å². The van der Waals surface area contributed by atoms with Crippen LogP contribution in [0.1, 0.15) is 18.5 Å². The van der Waals surface area contributed by atoms with Crippen molar-refractivity contribution in [3.8, 4) is 0 Å². The second-order valence-electron chi connectivity index (χ2n) is 6.83. The lowest BCUT2D eigenvalue weighted by Gasteiger charge is -2.16. The van der Waals surface area contributed by atoms with Crippen LogP contribution in [0.4, 0.5) is 4.39 Å². The molecule has 1 saturated carbocycles. The first-order valence-electron chi connectivity index (χ1n) is 8.65. The molecule has 1 aliphatic carbocycles. The SMILES string of the molecule is O=C(Cc1cn2cc(F)ccc2n1)N[C@@H]1CC(Cn2cccn2)C[C@H]1O. The van der Waals surface area contributed by atoms with Crippen molar-refractivity contribution in [2.75, 3.05) is 0 Å². The fraction of sp³-hybridized carbons (Fsp3) is 0.389. The summed E-state index contributed by atoms with van der Waals surface area (Å²) in [6.45, 7) is 0.731. The van der Waals surface area contributed by atoms with Crippen molar-refractivity contribution >= 4 is 11.6 Å². The average Bonchev–Trinajstić information content (AvgIpc) is 3.29. The van der Waals surface area contributed by atoms with Crippen LogP contribution in [0.15, 0.2) is 43.0 Å². The van der Waals surface area contributed by atoms with E-state index in [9.17, 15) is 14.3 Å². The lowest BCUT2D eigenvalue weighted by Crippen LogP contribution is -2.40. The third-order valence-electron chi connectivity index (χ3n) is 4.78. The number of halogens is 1. The van der Waals surface area contributed by atoms with Gasteiger partial charge in [-0.15, -0.1) is 0 Å². The number of hydrogen-bond donors (Lipinski definition) is 2. The van der Waals surface area contributed by atoms with Gasteiger partial charge in [-0.3, -0.25) is 9.48 Å². The van der Waals surface area contributed by atoms with E-state index in [0.717, 1.165) is 6.54 Å². The lowest BCUT2D eigenvalue weighted by molar-refractivity contribution is -0.121. The summed E-state index contributed by atoms with van der Waals surface area (Å²) >= 11 is 0. The molecule has 1 fully saturated rings. The molecule has 0 saturated heterocycles. The first kappa shape index (κ1) is 16.7. The van der Waals surface area contributed by atoms with Gasteiger partial charge in [-0.25, -0.2) is 9.37 Å². The zero-order valence-electron chi connectivity index (χ0n) is 14.1. The van der Waals surface area contributed by atoms with Crippen LogP contribution < -0.4 is 5.32 Å². The monoisotopic (exact) mass is 357 g/mol. The number of hydrogen-bond acceptors (Lipinski definition) is 4. The van der Waals surface area contributed by atoms with Crippen LogP contribution in [0.25, 0.3) is 5.65 Å². The van der Waals surface area contributed by atoms with Crippen LogP contribution in [0.2, 0.25) is 0 Å². The Balaban J connectivity index is 1.35. The van der Waals surface area contributed by atoms with Gasteiger partial charge >= 0.3 is 0 Å². The predicted octanol–water partition coefficient (Wildman–Crippen LogP) is 1.17. The average molecular weight is 357 g/mol. The van der Waals surface area contributed by atoms with Crippen LogP contribution in [0, 0.1) is 11.7 Å². The summed E-state index contributed by atoms with van der Waals surface area (Å²) in [5.74, 6) is -0.283. The van der Waals surface area contributed by atoms with E-state index >= 15 is 0 Å². The molecule has 3 atom stereocenters. The number of carbonyl (C=O) groups is 1. The molecule has 2 N–H and O–H groups in total. The Morgan fingerprint density at radius 3 is 3.04 bits per heavy atom. The van der Waals surface area contributed by atoms with Gasteiger partial charge in [0.15, 0.2) is 0 Å². The largest absolute Gasteiger partial charge is 0.391 e. The number of rotatable bonds is 5. The normalized spacial score (nSPS) is 22.8. The second-order valence-corrected chi connectivity index (χ2v) is 6.83. The Hall–Kier alpha value is -2.74. The Labute approximate surface area is 149 Å². The summed E-state index contributed by atoms with van der Waals surface area (Å²) in [6, 6.07) is 4.50. The zero-order valence-corrected chi connectivity index (χ0v) is 14.1. The fourth-order valence-electron chi connectivity index (χ4n) is 3.62. The summed E-state index contributed by atoms with van der Waals surface area (Å²) in [6.07, 6.45) is 7.47. The second kappa shape index (κ2) is 6.87. The van der Waals surface area contributed by atoms with E-state index < -0.39 is 6.10 Å². The Bertz CT molecular complexity index is 908. The van der Waals surface area contributed by atoms with Gasteiger partial charge in [0.1, 0.15) is 11.5 Å². The van der Waals surface area contributed by atoms with Crippen molar-refractivity contribution in [3.63, 3.8) is 0 Å². The van der Waals surface area contributed by atoms with Gasteiger partial charge in [-0.05, 0) is 37.0 Å². The highest BCUT2D eigenvalue weighted by Gasteiger charge is 2.34. The molecule has 0 aromatic carbocycles. The minimum Gasteiger partial charge on any atom is -0.391 e. The molecule has 0 bridgehead atoms. The van der Waals surface area contributed by atoms with Gasteiger partial charge in [-0.2, -0.15) is 5.10 Å². The molecule has 136 valence electrons. The molecular formula is C18H20FN5O2. The minimum atomic E-state index is -0.560. The number of amides is 1. The molecule has 0 spiro atoms. The lowest BCUT2D eigenvalue weighted by atomic mass is 10.1.